The van der Waals surface area contributed by atoms with E-state index in [1.54, 1.807) is 29.0 Å². The van der Waals surface area contributed by atoms with Crippen LogP contribution in [0.5, 0.6) is 0 Å². The summed E-state index contributed by atoms with van der Waals surface area (Å²) in [6.45, 7) is 0.252. The summed E-state index contributed by atoms with van der Waals surface area (Å²) < 4.78 is 15.1. The summed E-state index contributed by atoms with van der Waals surface area (Å²) in [7, 11) is 0. The molecule has 1 aromatic carbocycles. The lowest BCUT2D eigenvalue weighted by Gasteiger charge is -2.09. The fourth-order valence-electron chi connectivity index (χ4n) is 1.65. The molecule has 1 heterocycles. The SMILES string of the molecule is NC(=O)C(N)Cn1ccc2c(F)cccc21. The summed E-state index contributed by atoms with van der Waals surface area (Å²) >= 11 is 0. The number of nitrogens with zero attached hydrogens (tertiary/aromatic N) is 1. The molecule has 5 heteroatoms. The van der Waals surface area contributed by atoms with Crippen LogP contribution < -0.4 is 11.5 Å². The molecule has 84 valence electrons. The van der Waals surface area contributed by atoms with Crippen LogP contribution in [0, 0.1) is 5.82 Å². The quantitative estimate of drug-likeness (QED) is 0.796. The zero-order valence-electron chi connectivity index (χ0n) is 8.56. The molecule has 0 aliphatic heterocycles. The Morgan fingerprint density at radius 1 is 1.44 bits per heavy atom. The Morgan fingerprint density at radius 2 is 2.19 bits per heavy atom. The number of fused-ring (bicyclic) bond motifs is 1. The van der Waals surface area contributed by atoms with Gasteiger partial charge in [0.2, 0.25) is 5.91 Å². The maximum Gasteiger partial charge on any atom is 0.236 e. The first-order chi connectivity index (χ1) is 7.59. The first kappa shape index (κ1) is 10.6. The summed E-state index contributed by atoms with van der Waals surface area (Å²) in [5, 5.41) is 0.513. The molecule has 4 N–H and O–H groups in total. The molecule has 1 unspecified atom stereocenters. The van der Waals surface area contributed by atoms with Gasteiger partial charge in [-0.05, 0) is 18.2 Å². The minimum atomic E-state index is -0.765. The molecule has 0 saturated carbocycles. The Morgan fingerprint density at radius 3 is 2.88 bits per heavy atom. The summed E-state index contributed by atoms with van der Waals surface area (Å²) in [4.78, 5) is 10.8. The summed E-state index contributed by atoms with van der Waals surface area (Å²) in [5.41, 5.74) is 11.3. The van der Waals surface area contributed by atoms with Crippen LogP contribution in [0.3, 0.4) is 0 Å². The first-order valence-electron chi connectivity index (χ1n) is 4.88. The van der Waals surface area contributed by atoms with Gasteiger partial charge in [0.25, 0.3) is 0 Å². The fraction of sp³-hybridized carbons (Fsp3) is 0.182. The van der Waals surface area contributed by atoms with Crippen molar-refractivity contribution in [3.8, 4) is 0 Å². The molecule has 2 aromatic rings. The molecule has 0 aliphatic carbocycles. The lowest BCUT2D eigenvalue weighted by molar-refractivity contribution is -0.119. The number of amides is 1. The smallest absolute Gasteiger partial charge is 0.236 e. The fourth-order valence-corrected chi connectivity index (χ4v) is 1.65. The van der Waals surface area contributed by atoms with Crippen LogP contribution in [0.2, 0.25) is 0 Å². The minimum Gasteiger partial charge on any atom is -0.368 e. The van der Waals surface area contributed by atoms with Crippen LogP contribution in [0.4, 0.5) is 4.39 Å². The lowest BCUT2D eigenvalue weighted by atomic mass is 10.2. The van der Waals surface area contributed by atoms with E-state index in [0.717, 1.165) is 0 Å². The third kappa shape index (κ3) is 1.77. The van der Waals surface area contributed by atoms with E-state index in [2.05, 4.69) is 0 Å². The van der Waals surface area contributed by atoms with Gasteiger partial charge in [-0.15, -0.1) is 0 Å². The number of nitrogens with two attached hydrogens (primary N) is 2. The first-order valence-corrected chi connectivity index (χ1v) is 4.88. The van der Waals surface area contributed by atoms with Crippen molar-refractivity contribution in [2.24, 2.45) is 11.5 Å². The Kier molecular flexibility index (Phi) is 2.62. The van der Waals surface area contributed by atoms with Gasteiger partial charge in [0.15, 0.2) is 0 Å². The van der Waals surface area contributed by atoms with Gasteiger partial charge in [0.05, 0.1) is 5.52 Å². The summed E-state index contributed by atoms with van der Waals surface area (Å²) in [6.07, 6.45) is 1.69. The van der Waals surface area contributed by atoms with E-state index in [-0.39, 0.29) is 12.4 Å². The predicted octanol–water partition coefficient (Wildman–Crippen LogP) is 0.593. The number of aromatic nitrogens is 1. The molecule has 0 radical (unpaired) electrons. The van der Waals surface area contributed by atoms with Crippen LogP contribution in [0.1, 0.15) is 0 Å². The monoisotopic (exact) mass is 221 g/mol. The second-order valence-corrected chi connectivity index (χ2v) is 3.65. The van der Waals surface area contributed by atoms with Gasteiger partial charge in [-0.1, -0.05) is 6.07 Å². The highest BCUT2D eigenvalue weighted by Gasteiger charge is 2.12. The molecule has 2 rings (SSSR count). The zero-order chi connectivity index (χ0) is 11.7. The van der Waals surface area contributed by atoms with Crippen LogP contribution in [0.25, 0.3) is 10.9 Å². The van der Waals surface area contributed by atoms with Crippen molar-refractivity contribution in [2.75, 3.05) is 0 Å². The Balaban J connectivity index is 2.39. The molecule has 0 saturated heterocycles. The van der Waals surface area contributed by atoms with Crippen LogP contribution in [-0.4, -0.2) is 16.5 Å². The number of benzene rings is 1. The molecule has 0 aliphatic rings. The number of hydrogen-bond donors (Lipinski definition) is 2. The van der Waals surface area contributed by atoms with Crippen LogP contribution >= 0.6 is 0 Å². The highest BCUT2D eigenvalue weighted by Crippen LogP contribution is 2.18. The van der Waals surface area contributed by atoms with Gasteiger partial charge < -0.3 is 16.0 Å². The van der Waals surface area contributed by atoms with Gasteiger partial charge in [-0.3, -0.25) is 4.79 Å². The van der Waals surface area contributed by atoms with Crippen LogP contribution in [-0.2, 0) is 11.3 Å². The number of carbonyl (C=O) groups is 1. The minimum absolute atomic E-state index is 0.252. The van der Waals surface area contributed by atoms with Crippen molar-refractivity contribution in [3.63, 3.8) is 0 Å². The van der Waals surface area contributed by atoms with Gasteiger partial charge in [0.1, 0.15) is 11.9 Å². The molecule has 1 aromatic heterocycles. The second kappa shape index (κ2) is 3.94. The average molecular weight is 221 g/mol. The number of hydrogen-bond acceptors (Lipinski definition) is 2. The average Bonchev–Trinajstić information content (AvgIpc) is 2.63. The van der Waals surface area contributed by atoms with E-state index < -0.39 is 11.9 Å². The molecule has 1 atom stereocenters. The molecule has 16 heavy (non-hydrogen) atoms. The summed E-state index contributed by atoms with van der Waals surface area (Å²) in [6, 6.07) is 5.66. The number of halogens is 1. The van der Waals surface area contributed by atoms with Crippen LogP contribution in [0.15, 0.2) is 30.5 Å². The van der Waals surface area contributed by atoms with Crippen molar-refractivity contribution in [1.82, 2.24) is 4.57 Å². The largest absolute Gasteiger partial charge is 0.368 e. The third-order valence-corrected chi connectivity index (χ3v) is 2.52. The molecule has 4 nitrogen and oxygen atoms in total. The van der Waals surface area contributed by atoms with E-state index in [0.29, 0.717) is 10.9 Å². The van der Waals surface area contributed by atoms with Gasteiger partial charge >= 0.3 is 0 Å². The maximum absolute atomic E-state index is 13.4. The molecular weight excluding hydrogens is 209 g/mol. The third-order valence-electron chi connectivity index (χ3n) is 2.52. The Bertz CT molecular complexity index is 535. The van der Waals surface area contributed by atoms with Crippen molar-refractivity contribution in [3.05, 3.63) is 36.3 Å². The topological polar surface area (TPSA) is 74.0 Å². The number of carbonyl (C=O) groups excluding carboxylic acids is 1. The van der Waals surface area contributed by atoms with Crippen molar-refractivity contribution in [2.45, 2.75) is 12.6 Å². The number of primary amides is 1. The predicted molar refractivity (Wildman–Crippen MR) is 59.1 cm³/mol. The summed E-state index contributed by atoms with van der Waals surface area (Å²) in [5.74, 6) is -0.859. The normalized spacial score (nSPS) is 12.9. The van der Waals surface area contributed by atoms with Crippen molar-refractivity contribution in [1.29, 1.82) is 0 Å². The van der Waals surface area contributed by atoms with Gasteiger partial charge in [0, 0.05) is 18.1 Å². The molecular formula is C11H12FN3O. The Labute approximate surface area is 91.6 Å². The second-order valence-electron chi connectivity index (χ2n) is 3.65. The standard InChI is InChI=1S/C11H12FN3O/c12-8-2-1-3-10-7(8)4-5-15(10)6-9(13)11(14)16/h1-5,9H,6,13H2,(H2,14,16). The molecule has 0 bridgehead atoms. The molecule has 0 spiro atoms. The van der Waals surface area contributed by atoms with Crippen molar-refractivity contribution < 1.29 is 9.18 Å². The lowest BCUT2D eigenvalue weighted by Crippen LogP contribution is -2.39. The molecule has 0 fully saturated rings. The van der Waals surface area contributed by atoms with Crippen molar-refractivity contribution >= 4 is 16.8 Å². The molecule has 1 amide bonds. The maximum atomic E-state index is 13.4. The van der Waals surface area contributed by atoms with E-state index in [4.69, 9.17) is 11.5 Å². The van der Waals surface area contributed by atoms with E-state index in [9.17, 15) is 9.18 Å². The van der Waals surface area contributed by atoms with Gasteiger partial charge in [-0.25, -0.2) is 4.39 Å². The van der Waals surface area contributed by atoms with Gasteiger partial charge in [-0.2, -0.15) is 0 Å². The van der Waals surface area contributed by atoms with E-state index >= 15 is 0 Å². The van der Waals surface area contributed by atoms with E-state index in [1.807, 2.05) is 0 Å². The Hall–Kier alpha value is -1.88. The number of rotatable bonds is 3. The highest BCUT2D eigenvalue weighted by atomic mass is 19.1. The zero-order valence-corrected chi connectivity index (χ0v) is 8.56. The highest BCUT2D eigenvalue weighted by molar-refractivity contribution is 5.82. The van der Waals surface area contributed by atoms with E-state index in [1.165, 1.54) is 6.07 Å².